The van der Waals surface area contributed by atoms with Crippen molar-refractivity contribution in [1.82, 2.24) is 5.32 Å². The monoisotopic (exact) mass is 295 g/mol. The highest BCUT2D eigenvalue weighted by atomic mass is 16.1. The molecule has 22 heavy (non-hydrogen) atoms. The summed E-state index contributed by atoms with van der Waals surface area (Å²) in [5.41, 5.74) is 6.66. The lowest BCUT2D eigenvalue weighted by molar-refractivity contribution is 0.0935. The first-order valence-corrected chi connectivity index (χ1v) is 7.87. The highest BCUT2D eigenvalue weighted by Crippen LogP contribution is 2.21. The van der Waals surface area contributed by atoms with Crippen LogP contribution in [-0.4, -0.2) is 5.91 Å². The predicted molar refractivity (Wildman–Crippen MR) is 92.3 cm³/mol. The van der Waals surface area contributed by atoms with Crippen molar-refractivity contribution in [3.05, 3.63) is 69.8 Å². The highest BCUT2D eigenvalue weighted by molar-refractivity contribution is 5.95. The summed E-state index contributed by atoms with van der Waals surface area (Å²) in [6.07, 6.45) is 0.874. The minimum atomic E-state index is 0.00239. The maximum Gasteiger partial charge on any atom is 0.252 e. The molecule has 2 rings (SSSR count). The van der Waals surface area contributed by atoms with Crippen molar-refractivity contribution in [2.24, 2.45) is 0 Å². The first-order valence-electron chi connectivity index (χ1n) is 7.87. The molecule has 0 fully saturated rings. The van der Waals surface area contributed by atoms with E-state index >= 15 is 0 Å². The molecule has 0 heterocycles. The molecule has 0 aromatic heterocycles. The molecule has 0 unspecified atom stereocenters. The molecule has 2 nitrogen and oxygen atoms in total. The molecule has 2 aromatic rings. The lowest BCUT2D eigenvalue weighted by Crippen LogP contribution is -2.28. The first kappa shape index (κ1) is 16.3. The quantitative estimate of drug-likeness (QED) is 0.862. The molecule has 2 aromatic carbocycles. The van der Waals surface area contributed by atoms with Crippen LogP contribution in [0.2, 0.25) is 0 Å². The summed E-state index contributed by atoms with van der Waals surface area (Å²) in [5, 5.41) is 3.17. The zero-order chi connectivity index (χ0) is 16.3. The zero-order valence-electron chi connectivity index (χ0n) is 14.2. The Balaban J connectivity index is 2.22. The molecule has 0 bridgehead atoms. The minimum absolute atomic E-state index is 0.00239. The molecule has 0 spiro atoms. The Kier molecular flexibility index (Phi) is 5.02. The smallest absolute Gasteiger partial charge is 0.252 e. The van der Waals surface area contributed by atoms with Crippen molar-refractivity contribution in [2.75, 3.05) is 0 Å². The highest BCUT2D eigenvalue weighted by Gasteiger charge is 2.16. The standard InChI is InChI=1S/C20H25NO/c1-6-19(17-9-8-14(3)15(4)12-17)21-20(22)18-10-7-13(2)11-16(18)5/h7-12,19H,6H2,1-5H3,(H,21,22)/t19-/m0/s1. The molecular formula is C20H25NO. The molecule has 0 saturated heterocycles. The number of amides is 1. The van der Waals surface area contributed by atoms with E-state index in [0.717, 1.165) is 17.5 Å². The van der Waals surface area contributed by atoms with Gasteiger partial charge in [0.2, 0.25) is 0 Å². The van der Waals surface area contributed by atoms with Gasteiger partial charge in [-0.3, -0.25) is 4.79 Å². The summed E-state index contributed by atoms with van der Waals surface area (Å²) in [4.78, 5) is 12.6. The van der Waals surface area contributed by atoms with Crippen LogP contribution in [0.3, 0.4) is 0 Å². The number of carbonyl (C=O) groups is 1. The summed E-state index contributed by atoms with van der Waals surface area (Å²) >= 11 is 0. The topological polar surface area (TPSA) is 29.1 Å². The van der Waals surface area contributed by atoms with Crippen LogP contribution in [0.5, 0.6) is 0 Å². The van der Waals surface area contributed by atoms with Crippen molar-refractivity contribution in [3.63, 3.8) is 0 Å². The molecule has 116 valence electrons. The third-order valence-electron chi connectivity index (χ3n) is 4.27. The Morgan fingerprint density at radius 1 is 0.955 bits per heavy atom. The van der Waals surface area contributed by atoms with E-state index < -0.39 is 0 Å². The van der Waals surface area contributed by atoms with Gasteiger partial charge in [0.1, 0.15) is 0 Å². The molecule has 0 radical (unpaired) electrons. The Bertz CT molecular complexity index is 688. The number of hydrogen-bond acceptors (Lipinski definition) is 1. The number of aryl methyl sites for hydroxylation is 4. The van der Waals surface area contributed by atoms with E-state index in [9.17, 15) is 4.79 Å². The zero-order valence-corrected chi connectivity index (χ0v) is 14.2. The normalized spacial score (nSPS) is 12.0. The maximum atomic E-state index is 12.6. The maximum absolute atomic E-state index is 12.6. The molecule has 0 saturated carbocycles. The van der Waals surface area contributed by atoms with Gasteiger partial charge in [-0.25, -0.2) is 0 Å². The van der Waals surface area contributed by atoms with E-state index in [4.69, 9.17) is 0 Å². The third kappa shape index (κ3) is 3.56. The fourth-order valence-electron chi connectivity index (χ4n) is 2.71. The number of hydrogen-bond donors (Lipinski definition) is 1. The van der Waals surface area contributed by atoms with Crippen LogP contribution in [0.4, 0.5) is 0 Å². The Labute approximate surface area is 133 Å². The predicted octanol–water partition coefficient (Wildman–Crippen LogP) is 4.80. The molecule has 1 N–H and O–H groups in total. The van der Waals surface area contributed by atoms with Gasteiger partial charge in [-0.15, -0.1) is 0 Å². The van der Waals surface area contributed by atoms with Gasteiger partial charge in [-0.1, -0.05) is 42.8 Å². The van der Waals surface area contributed by atoms with Crippen LogP contribution >= 0.6 is 0 Å². The molecule has 0 aliphatic carbocycles. The van der Waals surface area contributed by atoms with E-state index in [1.165, 1.54) is 22.3 Å². The van der Waals surface area contributed by atoms with Crippen molar-refractivity contribution in [2.45, 2.75) is 47.1 Å². The van der Waals surface area contributed by atoms with Gasteiger partial charge in [-0.05, 0) is 62.4 Å². The lowest BCUT2D eigenvalue weighted by Gasteiger charge is -2.19. The number of benzene rings is 2. The van der Waals surface area contributed by atoms with E-state index in [1.54, 1.807) is 0 Å². The fourth-order valence-corrected chi connectivity index (χ4v) is 2.71. The largest absolute Gasteiger partial charge is 0.345 e. The van der Waals surface area contributed by atoms with Gasteiger partial charge in [0.05, 0.1) is 6.04 Å². The average Bonchev–Trinajstić information content (AvgIpc) is 2.47. The molecule has 0 aliphatic heterocycles. The number of carbonyl (C=O) groups excluding carboxylic acids is 1. The molecule has 1 atom stereocenters. The summed E-state index contributed by atoms with van der Waals surface area (Å²) in [7, 11) is 0. The number of nitrogens with one attached hydrogen (secondary N) is 1. The van der Waals surface area contributed by atoms with Crippen molar-refractivity contribution in [1.29, 1.82) is 0 Å². The van der Waals surface area contributed by atoms with Crippen molar-refractivity contribution < 1.29 is 4.79 Å². The van der Waals surface area contributed by atoms with Crippen molar-refractivity contribution >= 4 is 5.91 Å². The molecular weight excluding hydrogens is 270 g/mol. The summed E-state index contributed by atoms with van der Waals surface area (Å²) in [6.45, 7) is 10.3. The molecule has 0 aliphatic rings. The lowest BCUT2D eigenvalue weighted by atomic mass is 9.98. The van der Waals surface area contributed by atoms with Gasteiger partial charge in [-0.2, -0.15) is 0 Å². The summed E-state index contributed by atoms with van der Waals surface area (Å²) in [6, 6.07) is 12.4. The Morgan fingerprint density at radius 2 is 1.68 bits per heavy atom. The second-order valence-electron chi connectivity index (χ2n) is 6.10. The van der Waals surface area contributed by atoms with E-state index in [0.29, 0.717) is 0 Å². The second-order valence-corrected chi connectivity index (χ2v) is 6.10. The Hall–Kier alpha value is -2.09. The van der Waals surface area contributed by atoms with E-state index in [2.05, 4.69) is 44.3 Å². The van der Waals surface area contributed by atoms with Crippen molar-refractivity contribution in [3.8, 4) is 0 Å². The molecule has 1 amide bonds. The van der Waals surface area contributed by atoms with Gasteiger partial charge in [0.15, 0.2) is 0 Å². The first-order chi connectivity index (χ1) is 10.4. The number of rotatable bonds is 4. The molecule has 2 heteroatoms. The van der Waals surface area contributed by atoms with Crippen LogP contribution < -0.4 is 5.32 Å². The SMILES string of the molecule is CC[C@H](NC(=O)c1ccc(C)cc1C)c1ccc(C)c(C)c1. The Morgan fingerprint density at radius 3 is 2.27 bits per heavy atom. The van der Waals surface area contributed by atoms with Crippen LogP contribution in [0, 0.1) is 27.7 Å². The van der Waals surface area contributed by atoms with Crippen LogP contribution in [0.15, 0.2) is 36.4 Å². The second kappa shape index (κ2) is 6.78. The minimum Gasteiger partial charge on any atom is -0.345 e. The van der Waals surface area contributed by atoms with Gasteiger partial charge < -0.3 is 5.32 Å². The van der Waals surface area contributed by atoms with Gasteiger partial charge in [0.25, 0.3) is 5.91 Å². The van der Waals surface area contributed by atoms with E-state index in [-0.39, 0.29) is 11.9 Å². The summed E-state index contributed by atoms with van der Waals surface area (Å²) in [5.74, 6) is 0.00239. The van der Waals surface area contributed by atoms with Crippen LogP contribution in [0.25, 0.3) is 0 Å². The van der Waals surface area contributed by atoms with Crippen LogP contribution in [0.1, 0.15) is 57.6 Å². The van der Waals surface area contributed by atoms with Gasteiger partial charge in [0, 0.05) is 5.56 Å². The third-order valence-corrected chi connectivity index (χ3v) is 4.27. The summed E-state index contributed by atoms with van der Waals surface area (Å²) < 4.78 is 0. The van der Waals surface area contributed by atoms with Gasteiger partial charge >= 0.3 is 0 Å². The fraction of sp³-hybridized carbons (Fsp3) is 0.350. The average molecular weight is 295 g/mol. The van der Waals surface area contributed by atoms with Crippen LogP contribution in [-0.2, 0) is 0 Å². The van der Waals surface area contributed by atoms with E-state index in [1.807, 2.05) is 32.0 Å².